The molecule has 0 aliphatic carbocycles. The van der Waals surface area contributed by atoms with E-state index in [1.54, 1.807) is 19.4 Å². The molecule has 2 aromatic heterocycles. The lowest BCUT2D eigenvalue weighted by atomic mass is 9.88. The molecule has 0 unspecified atom stereocenters. The molecule has 30 heavy (non-hydrogen) atoms. The number of imidazole rings is 1. The van der Waals surface area contributed by atoms with Crippen molar-refractivity contribution in [3.63, 3.8) is 0 Å². The predicted molar refractivity (Wildman–Crippen MR) is 109 cm³/mol. The summed E-state index contributed by atoms with van der Waals surface area (Å²) in [7, 11) is 1.23. The Morgan fingerprint density at radius 2 is 2.17 bits per heavy atom. The quantitative estimate of drug-likeness (QED) is 0.557. The van der Waals surface area contributed by atoms with Crippen LogP contribution in [0.1, 0.15) is 34.9 Å². The number of benzene rings is 1. The Morgan fingerprint density at radius 3 is 2.80 bits per heavy atom. The smallest absolute Gasteiger partial charge is 0.306 e. The van der Waals surface area contributed by atoms with Crippen LogP contribution in [0.2, 0.25) is 5.02 Å². The predicted octanol–water partition coefficient (Wildman–Crippen LogP) is 3.32. The number of ether oxygens (including phenoxy) is 1. The second kappa shape index (κ2) is 9.13. The summed E-state index contributed by atoms with van der Waals surface area (Å²) in [5.74, 6) is -2.31. The number of aryl methyl sites for hydroxylation is 2. The van der Waals surface area contributed by atoms with E-state index in [4.69, 9.17) is 16.3 Å². The minimum Gasteiger partial charge on any atom is -0.507 e. The maximum Gasteiger partial charge on any atom is 0.306 e. The second-order valence-electron chi connectivity index (χ2n) is 6.87. The lowest BCUT2D eigenvalue weighted by Crippen LogP contribution is -2.29. The van der Waals surface area contributed by atoms with Gasteiger partial charge in [-0.1, -0.05) is 17.7 Å². The average molecular weight is 434 g/mol. The molecule has 0 bridgehead atoms. The molecule has 0 radical (unpaired) electrons. The number of carbonyl (C=O) groups excluding carboxylic acids is 1. The zero-order valence-corrected chi connectivity index (χ0v) is 17.2. The highest BCUT2D eigenvalue weighted by molar-refractivity contribution is 6.31. The van der Waals surface area contributed by atoms with E-state index in [1.807, 2.05) is 0 Å². The first-order valence-corrected chi connectivity index (χ1v) is 9.62. The molecule has 7 nitrogen and oxygen atoms in total. The van der Waals surface area contributed by atoms with Crippen molar-refractivity contribution in [1.82, 2.24) is 14.5 Å². The van der Waals surface area contributed by atoms with Gasteiger partial charge in [-0.2, -0.15) is 0 Å². The van der Waals surface area contributed by atoms with Crippen LogP contribution in [0.25, 0.3) is 0 Å². The number of H-pyrrole nitrogens is 1. The SMILES string of the molecule is COC(=O)C[C@@H](c1ccc(F)cc1Cl)c1c(O)cc(C)n(CCc2cnc[nH]2)c1=O. The number of esters is 1. The summed E-state index contributed by atoms with van der Waals surface area (Å²) in [6, 6.07) is 5.15. The van der Waals surface area contributed by atoms with Gasteiger partial charge in [0.05, 0.1) is 25.4 Å². The first kappa shape index (κ1) is 21.6. The number of aromatic hydroxyl groups is 1. The van der Waals surface area contributed by atoms with Gasteiger partial charge < -0.3 is 19.4 Å². The summed E-state index contributed by atoms with van der Waals surface area (Å²) in [6.07, 6.45) is 3.49. The van der Waals surface area contributed by atoms with Crippen LogP contribution in [0.3, 0.4) is 0 Å². The largest absolute Gasteiger partial charge is 0.507 e. The van der Waals surface area contributed by atoms with Gasteiger partial charge in [-0.3, -0.25) is 9.59 Å². The Kier molecular flexibility index (Phi) is 6.56. The number of nitrogens with one attached hydrogen (secondary N) is 1. The molecule has 9 heteroatoms. The average Bonchev–Trinajstić information content (AvgIpc) is 3.20. The van der Waals surface area contributed by atoms with Gasteiger partial charge in [-0.05, 0) is 30.7 Å². The number of rotatable bonds is 7. The van der Waals surface area contributed by atoms with E-state index < -0.39 is 23.3 Å². The Hall–Kier alpha value is -3.13. The molecule has 158 valence electrons. The topological polar surface area (TPSA) is 97.2 Å². The first-order chi connectivity index (χ1) is 14.3. The molecule has 0 spiro atoms. The van der Waals surface area contributed by atoms with Crippen molar-refractivity contribution in [3.05, 3.63) is 80.5 Å². The van der Waals surface area contributed by atoms with Gasteiger partial charge in [-0.25, -0.2) is 9.37 Å². The number of hydrogen-bond acceptors (Lipinski definition) is 5. The third-order valence-corrected chi connectivity index (χ3v) is 5.29. The van der Waals surface area contributed by atoms with E-state index in [0.717, 1.165) is 11.8 Å². The number of carbonyl (C=O) groups is 1. The number of aromatic amines is 1. The maximum absolute atomic E-state index is 13.6. The van der Waals surface area contributed by atoms with E-state index in [2.05, 4.69) is 9.97 Å². The minimum absolute atomic E-state index is 0.00381. The normalized spacial score (nSPS) is 12.0. The van der Waals surface area contributed by atoms with Crippen LogP contribution in [0.5, 0.6) is 5.75 Å². The number of nitrogens with zero attached hydrogens (tertiary/aromatic N) is 2. The molecule has 0 aliphatic heterocycles. The lowest BCUT2D eigenvalue weighted by Gasteiger charge is -2.21. The lowest BCUT2D eigenvalue weighted by molar-refractivity contribution is -0.140. The van der Waals surface area contributed by atoms with Gasteiger partial charge in [0.1, 0.15) is 11.6 Å². The summed E-state index contributed by atoms with van der Waals surface area (Å²) >= 11 is 6.21. The van der Waals surface area contributed by atoms with E-state index in [9.17, 15) is 19.1 Å². The van der Waals surface area contributed by atoms with Crippen molar-refractivity contribution < 1.29 is 19.0 Å². The van der Waals surface area contributed by atoms with Crippen molar-refractivity contribution in [3.8, 4) is 5.75 Å². The third-order valence-electron chi connectivity index (χ3n) is 4.97. The molecular formula is C21H21ClFN3O4. The standard InChI is InChI=1S/C21H21ClFN3O4/c1-12-7-18(27)20(21(29)26(12)6-5-14-10-24-11-25-14)16(9-19(28)30-2)15-4-3-13(23)8-17(15)22/h3-4,7-8,10-11,16,27H,5-6,9H2,1-2H3,(H,24,25)/t16-/m0/s1. The molecule has 1 atom stereocenters. The number of pyridine rings is 1. The Morgan fingerprint density at radius 1 is 1.40 bits per heavy atom. The molecule has 2 heterocycles. The van der Waals surface area contributed by atoms with E-state index in [1.165, 1.54) is 29.9 Å². The van der Waals surface area contributed by atoms with Gasteiger partial charge in [0.15, 0.2) is 0 Å². The molecule has 0 aliphatic rings. The van der Waals surface area contributed by atoms with Crippen LogP contribution in [0.15, 0.2) is 41.6 Å². The van der Waals surface area contributed by atoms with Crippen LogP contribution >= 0.6 is 11.6 Å². The van der Waals surface area contributed by atoms with Crippen LogP contribution in [0, 0.1) is 12.7 Å². The van der Waals surface area contributed by atoms with Crippen molar-refractivity contribution in [2.75, 3.05) is 7.11 Å². The number of aromatic nitrogens is 3. The van der Waals surface area contributed by atoms with Gasteiger partial charge in [-0.15, -0.1) is 0 Å². The van der Waals surface area contributed by atoms with Crippen molar-refractivity contribution >= 4 is 17.6 Å². The van der Waals surface area contributed by atoms with E-state index in [-0.39, 0.29) is 22.8 Å². The molecule has 0 amide bonds. The number of hydrogen-bond donors (Lipinski definition) is 2. The monoisotopic (exact) mass is 433 g/mol. The molecular weight excluding hydrogens is 413 g/mol. The van der Waals surface area contributed by atoms with E-state index in [0.29, 0.717) is 24.2 Å². The zero-order chi connectivity index (χ0) is 21.8. The molecule has 1 aromatic carbocycles. The van der Waals surface area contributed by atoms with Crippen molar-refractivity contribution in [2.45, 2.75) is 32.2 Å². The Balaban J connectivity index is 2.11. The molecule has 0 saturated heterocycles. The molecule has 3 rings (SSSR count). The van der Waals surface area contributed by atoms with Gasteiger partial charge in [0.25, 0.3) is 5.56 Å². The maximum atomic E-state index is 13.6. The second-order valence-corrected chi connectivity index (χ2v) is 7.27. The fourth-order valence-corrected chi connectivity index (χ4v) is 3.73. The van der Waals surface area contributed by atoms with Crippen molar-refractivity contribution in [1.29, 1.82) is 0 Å². The highest BCUT2D eigenvalue weighted by Gasteiger charge is 2.28. The van der Waals surface area contributed by atoms with Gasteiger partial charge in [0, 0.05) is 41.5 Å². The minimum atomic E-state index is -0.906. The number of methoxy groups -OCH3 is 1. The third kappa shape index (κ3) is 4.54. The molecule has 0 saturated carbocycles. The van der Waals surface area contributed by atoms with Gasteiger partial charge >= 0.3 is 5.97 Å². The van der Waals surface area contributed by atoms with Crippen LogP contribution in [-0.2, 0) is 22.5 Å². The zero-order valence-electron chi connectivity index (χ0n) is 16.5. The summed E-state index contributed by atoms with van der Waals surface area (Å²) in [5.41, 5.74) is 1.30. The first-order valence-electron chi connectivity index (χ1n) is 9.24. The highest BCUT2D eigenvalue weighted by atomic mass is 35.5. The van der Waals surface area contributed by atoms with Gasteiger partial charge in [0.2, 0.25) is 0 Å². The molecule has 2 N–H and O–H groups in total. The van der Waals surface area contributed by atoms with Crippen LogP contribution in [-0.4, -0.2) is 32.7 Å². The summed E-state index contributed by atoms with van der Waals surface area (Å²) in [4.78, 5) is 32.3. The summed E-state index contributed by atoms with van der Waals surface area (Å²) < 4.78 is 19.8. The van der Waals surface area contributed by atoms with Crippen molar-refractivity contribution in [2.24, 2.45) is 0 Å². The molecule has 3 aromatic rings. The Labute approximate surface area is 177 Å². The number of halogens is 2. The van der Waals surface area contributed by atoms with Crippen LogP contribution < -0.4 is 5.56 Å². The fraction of sp³-hybridized carbons (Fsp3) is 0.286. The molecule has 0 fully saturated rings. The van der Waals surface area contributed by atoms with E-state index >= 15 is 0 Å². The Bertz CT molecular complexity index is 1110. The fourth-order valence-electron chi connectivity index (χ4n) is 3.43. The highest BCUT2D eigenvalue weighted by Crippen LogP contribution is 2.36. The van der Waals surface area contributed by atoms with Crippen LogP contribution in [0.4, 0.5) is 4.39 Å². The summed E-state index contributed by atoms with van der Waals surface area (Å²) in [5, 5.41) is 10.7. The summed E-state index contributed by atoms with van der Waals surface area (Å²) in [6.45, 7) is 2.04.